The van der Waals surface area contributed by atoms with E-state index in [0.29, 0.717) is 17.9 Å². The number of anilines is 2. The zero-order chi connectivity index (χ0) is 16.4. The van der Waals surface area contributed by atoms with Gasteiger partial charge in [0.2, 0.25) is 0 Å². The van der Waals surface area contributed by atoms with Crippen molar-refractivity contribution in [3.05, 3.63) is 63.8 Å². The Labute approximate surface area is 131 Å². The van der Waals surface area contributed by atoms with E-state index >= 15 is 0 Å². The second-order valence-corrected chi connectivity index (χ2v) is 4.98. The Bertz CT molecular complexity index is 936. The van der Waals surface area contributed by atoms with E-state index in [4.69, 9.17) is 0 Å². The second kappa shape index (κ2) is 5.91. The first-order valence-electron chi connectivity index (χ1n) is 7.13. The maximum Gasteiger partial charge on any atom is 0.350 e. The van der Waals surface area contributed by atoms with Crippen LogP contribution in [0.5, 0.6) is 0 Å². The molecule has 1 N–H and O–H groups in total. The predicted octanol–water partition coefficient (Wildman–Crippen LogP) is 0.891. The molecule has 0 saturated heterocycles. The molecule has 0 saturated carbocycles. The lowest BCUT2D eigenvalue weighted by molar-refractivity contribution is 0.720. The largest absolute Gasteiger partial charge is 0.350 e. The Hall–Kier alpha value is -3.16. The van der Waals surface area contributed by atoms with Gasteiger partial charge in [0.1, 0.15) is 6.33 Å². The van der Waals surface area contributed by atoms with Crippen molar-refractivity contribution in [2.75, 3.05) is 5.32 Å². The molecular weight excluding hydrogens is 296 g/mol. The number of aromatic nitrogens is 5. The topological polar surface area (TPSA) is 86.7 Å². The molecule has 0 spiro atoms. The van der Waals surface area contributed by atoms with E-state index in [9.17, 15) is 9.59 Å². The molecule has 1 aromatic carbocycles. The molecule has 118 valence electrons. The third-order valence-corrected chi connectivity index (χ3v) is 3.45. The Morgan fingerprint density at radius 1 is 1.17 bits per heavy atom. The summed E-state index contributed by atoms with van der Waals surface area (Å²) < 4.78 is 4.26. The molecule has 3 rings (SSSR count). The van der Waals surface area contributed by atoms with Gasteiger partial charge in [-0.2, -0.15) is 9.78 Å². The second-order valence-electron chi connectivity index (χ2n) is 4.98. The van der Waals surface area contributed by atoms with Gasteiger partial charge in [-0.1, -0.05) is 0 Å². The van der Waals surface area contributed by atoms with Crippen molar-refractivity contribution in [2.45, 2.75) is 13.5 Å². The van der Waals surface area contributed by atoms with Crippen LogP contribution >= 0.6 is 0 Å². The van der Waals surface area contributed by atoms with E-state index in [1.165, 1.54) is 15.6 Å². The number of rotatable bonds is 4. The van der Waals surface area contributed by atoms with Gasteiger partial charge in [0.15, 0.2) is 5.82 Å². The zero-order valence-corrected chi connectivity index (χ0v) is 12.8. The lowest BCUT2D eigenvalue weighted by atomic mass is 10.3. The van der Waals surface area contributed by atoms with Crippen molar-refractivity contribution in [1.29, 1.82) is 0 Å². The van der Waals surface area contributed by atoms with Gasteiger partial charge in [-0.15, -0.1) is 0 Å². The molecule has 23 heavy (non-hydrogen) atoms. The highest BCUT2D eigenvalue weighted by Gasteiger charge is 2.06. The van der Waals surface area contributed by atoms with Crippen molar-refractivity contribution in [3.63, 3.8) is 0 Å². The molecule has 0 aliphatic rings. The minimum absolute atomic E-state index is 0.181. The summed E-state index contributed by atoms with van der Waals surface area (Å²) in [7, 11) is 1.64. The Balaban J connectivity index is 1.88. The smallest absolute Gasteiger partial charge is 0.336 e. The summed E-state index contributed by atoms with van der Waals surface area (Å²) in [6.45, 7) is 2.47. The molecular formula is C15H16N6O2. The van der Waals surface area contributed by atoms with E-state index in [2.05, 4.69) is 15.4 Å². The van der Waals surface area contributed by atoms with Crippen LogP contribution in [0.25, 0.3) is 5.69 Å². The highest BCUT2D eigenvalue weighted by molar-refractivity contribution is 5.57. The number of benzene rings is 1. The van der Waals surface area contributed by atoms with Crippen LogP contribution in [0.2, 0.25) is 0 Å². The SMILES string of the molecule is CCn1ccnc(Nc2ccc(-n3ncn(C)c3=O)cc2)c1=O. The van der Waals surface area contributed by atoms with Gasteiger partial charge in [0.05, 0.1) is 5.69 Å². The fraction of sp³-hybridized carbons (Fsp3) is 0.200. The Kier molecular flexibility index (Phi) is 3.80. The summed E-state index contributed by atoms with van der Waals surface area (Å²) in [6, 6.07) is 7.03. The molecule has 2 aromatic heterocycles. The number of nitrogens with one attached hydrogen (secondary N) is 1. The fourth-order valence-corrected chi connectivity index (χ4v) is 2.16. The summed E-state index contributed by atoms with van der Waals surface area (Å²) >= 11 is 0. The molecule has 0 aliphatic carbocycles. The molecule has 8 nitrogen and oxygen atoms in total. The van der Waals surface area contributed by atoms with Crippen LogP contribution in [0.15, 0.2) is 52.6 Å². The van der Waals surface area contributed by atoms with Crippen LogP contribution in [0.3, 0.4) is 0 Å². The van der Waals surface area contributed by atoms with Gasteiger partial charge < -0.3 is 9.88 Å². The minimum atomic E-state index is -0.221. The predicted molar refractivity (Wildman–Crippen MR) is 86.3 cm³/mol. The molecule has 2 heterocycles. The van der Waals surface area contributed by atoms with Crippen molar-refractivity contribution >= 4 is 11.5 Å². The summed E-state index contributed by atoms with van der Waals surface area (Å²) in [4.78, 5) is 28.0. The quantitative estimate of drug-likeness (QED) is 0.773. The van der Waals surface area contributed by atoms with Crippen molar-refractivity contribution in [3.8, 4) is 5.69 Å². The van der Waals surface area contributed by atoms with Crippen LogP contribution in [0.1, 0.15) is 6.92 Å². The highest BCUT2D eigenvalue weighted by atomic mass is 16.2. The Morgan fingerprint density at radius 2 is 1.91 bits per heavy atom. The zero-order valence-electron chi connectivity index (χ0n) is 12.8. The van der Waals surface area contributed by atoms with Gasteiger partial charge in [-0.05, 0) is 31.2 Å². The number of aryl methyl sites for hydroxylation is 2. The number of nitrogens with zero attached hydrogens (tertiary/aromatic N) is 5. The molecule has 0 fully saturated rings. The van der Waals surface area contributed by atoms with Gasteiger partial charge in [-0.3, -0.25) is 9.36 Å². The molecule has 0 bridgehead atoms. The average Bonchev–Trinajstić information content (AvgIpc) is 2.90. The van der Waals surface area contributed by atoms with Crippen molar-refractivity contribution in [1.82, 2.24) is 23.9 Å². The van der Waals surface area contributed by atoms with E-state index in [0.717, 1.165) is 0 Å². The lowest BCUT2D eigenvalue weighted by Gasteiger charge is -2.08. The molecule has 0 atom stereocenters. The summed E-state index contributed by atoms with van der Waals surface area (Å²) in [5.41, 5.74) is 0.950. The Morgan fingerprint density at radius 3 is 2.52 bits per heavy atom. The van der Waals surface area contributed by atoms with Crippen LogP contribution in [-0.4, -0.2) is 23.9 Å². The third kappa shape index (κ3) is 2.78. The van der Waals surface area contributed by atoms with E-state index < -0.39 is 0 Å². The van der Waals surface area contributed by atoms with E-state index in [1.807, 2.05) is 6.92 Å². The van der Waals surface area contributed by atoms with E-state index in [-0.39, 0.29) is 17.1 Å². The molecule has 0 aliphatic heterocycles. The first kappa shape index (κ1) is 14.8. The van der Waals surface area contributed by atoms with Crippen LogP contribution in [0.4, 0.5) is 11.5 Å². The molecule has 0 amide bonds. The van der Waals surface area contributed by atoms with Crippen LogP contribution in [0, 0.1) is 0 Å². The molecule has 8 heteroatoms. The highest BCUT2D eigenvalue weighted by Crippen LogP contribution is 2.14. The number of hydrogen-bond acceptors (Lipinski definition) is 5. The first-order valence-corrected chi connectivity index (χ1v) is 7.13. The van der Waals surface area contributed by atoms with Gasteiger partial charge in [0, 0.05) is 31.7 Å². The molecule has 3 aromatic rings. The first-order chi connectivity index (χ1) is 11.1. The van der Waals surface area contributed by atoms with Crippen molar-refractivity contribution in [2.24, 2.45) is 7.05 Å². The summed E-state index contributed by atoms with van der Waals surface area (Å²) in [5, 5.41) is 7.01. The maximum absolute atomic E-state index is 12.1. The standard InChI is InChI=1S/C15H16N6O2/c1-3-20-9-8-16-13(14(20)22)18-11-4-6-12(7-5-11)21-15(23)19(2)10-17-21/h4-10H,3H2,1-2H3,(H,16,18). The fourth-order valence-electron chi connectivity index (χ4n) is 2.16. The van der Waals surface area contributed by atoms with Crippen molar-refractivity contribution < 1.29 is 0 Å². The monoisotopic (exact) mass is 312 g/mol. The van der Waals surface area contributed by atoms with Crippen LogP contribution < -0.4 is 16.6 Å². The summed E-state index contributed by atoms with van der Waals surface area (Å²) in [6.07, 6.45) is 4.68. The van der Waals surface area contributed by atoms with Crippen LogP contribution in [-0.2, 0) is 13.6 Å². The molecule has 0 radical (unpaired) electrons. The van der Waals surface area contributed by atoms with Gasteiger partial charge >= 0.3 is 5.69 Å². The average molecular weight is 312 g/mol. The summed E-state index contributed by atoms with van der Waals surface area (Å²) in [5.74, 6) is 0.261. The maximum atomic E-state index is 12.1. The van der Waals surface area contributed by atoms with Gasteiger partial charge in [-0.25, -0.2) is 9.78 Å². The van der Waals surface area contributed by atoms with E-state index in [1.54, 1.807) is 48.3 Å². The lowest BCUT2D eigenvalue weighted by Crippen LogP contribution is -2.22. The third-order valence-electron chi connectivity index (χ3n) is 3.45. The molecule has 0 unspecified atom stereocenters. The number of hydrogen-bond donors (Lipinski definition) is 1. The normalized spacial score (nSPS) is 10.7. The van der Waals surface area contributed by atoms with Gasteiger partial charge in [0.25, 0.3) is 5.56 Å². The minimum Gasteiger partial charge on any atom is -0.336 e.